The van der Waals surface area contributed by atoms with Crippen LogP contribution in [-0.4, -0.2) is 53.2 Å². The molecule has 0 atom stereocenters. The van der Waals surface area contributed by atoms with E-state index in [1.165, 1.54) is 17.8 Å². The average Bonchev–Trinajstić information content (AvgIpc) is 2.19. The second kappa shape index (κ2) is 10.8. The van der Waals surface area contributed by atoms with Crippen LogP contribution < -0.4 is 0 Å². The number of diazo groups is 1. The molecule has 0 heterocycles. The largest absolute Gasteiger partial charge is 0.363 e. The minimum atomic E-state index is 0.333. The van der Waals surface area contributed by atoms with Gasteiger partial charge in [-0.25, -0.2) is 0 Å². The molecule has 0 aliphatic heterocycles. The maximum atomic E-state index is 7.62. The first-order valence-electron chi connectivity index (χ1n) is 4.39. The van der Waals surface area contributed by atoms with E-state index >= 15 is 0 Å². The van der Waals surface area contributed by atoms with Gasteiger partial charge in [0, 0.05) is 28.2 Å². The lowest BCUT2D eigenvalue weighted by Gasteiger charge is -2.16. The Labute approximate surface area is 112 Å². The molecule has 0 aliphatic rings. The van der Waals surface area contributed by atoms with Gasteiger partial charge in [-0.15, -0.1) is 0 Å². The summed E-state index contributed by atoms with van der Waals surface area (Å²) in [6.45, 7) is 3.63. The van der Waals surface area contributed by atoms with Crippen LogP contribution in [0, 0.1) is 5.39 Å². The summed E-state index contributed by atoms with van der Waals surface area (Å²) in [5.41, 5.74) is 0. The summed E-state index contributed by atoms with van der Waals surface area (Å²) in [5.74, 6) is 0. The van der Waals surface area contributed by atoms with Gasteiger partial charge in [0.2, 0.25) is 5.39 Å². The number of nitrogens with zero attached hydrogens (tertiary/aromatic N) is 4. The monoisotopic (exact) mass is 277 g/mol. The van der Waals surface area contributed by atoms with Crippen LogP contribution in [0.4, 0.5) is 0 Å². The number of hydrogen-bond acceptors (Lipinski definition) is 4. The maximum absolute atomic E-state index is 7.62. The Balaban J connectivity index is 0. The highest BCUT2D eigenvalue weighted by Gasteiger charge is 2.05. The first-order valence-corrected chi connectivity index (χ1v) is 6.02. The van der Waals surface area contributed by atoms with Gasteiger partial charge in [0.25, 0.3) is 0 Å². The molecule has 0 aromatic heterocycles. The summed E-state index contributed by atoms with van der Waals surface area (Å²) >= 11 is 11.5. The third kappa shape index (κ3) is 11.4. The van der Waals surface area contributed by atoms with Crippen LogP contribution in [0.1, 0.15) is 0 Å². The van der Waals surface area contributed by atoms with E-state index in [1.807, 2.05) is 38.0 Å². The lowest BCUT2D eigenvalue weighted by atomic mass is 10.7. The predicted molar refractivity (Wildman–Crippen MR) is 80.3 cm³/mol. The van der Waals surface area contributed by atoms with Gasteiger partial charge < -0.3 is 9.80 Å². The van der Waals surface area contributed by atoms with Crippen molar-refractivity contribution in [3.05, 3.63) is 17.6 Å². The van der Waals surface area contributed by atoms with Crippen molar-refractivity contribution in [2.45, 2.75) is 0 Å². The quantitative estimate of drug-likeness (QED) is 0.416. The van der Waals surface area contributed by atoms with E-state index in [0.29, 0.717) is 6.54 Å². The molecule has 0 amide bonds. The molecule has 0 aromatic carbocycles. The fourth-order valence-corrected chi connectivity index (χ4v) is 1.46. The number of thioether (sulfide) groups is 1. The Morgan fingerprint density at radius 1 is 1.25 bits per heavy atom. The fraction of sp³-hybridized carbons (Fsp3) is 0.556. The third-order valence-corrected chi connectivity index (χ3v) is 3.43. The van der Waals surface area contributed by atoms with E-state index in [-0.39, 0.29) is 0 Å². The lowest BCUT2D eigenvalue weighted by molar-refractivity contribution is 0.643. The molecule has 16 heavy (non-hydrogen) atoms. The van der Waals surface area contributed by atoms with Gasteiger partial charge >= 0.3 is 6.54 Å². The molecule has 90 valence electrons. The van der Waals surface area contributed by atoms with Gasteiger partial charge in [-0.2, -0.15) is 0 Å². The number of thiocarbonyl (C=S) groups is 2. The second-order valence-corrected chi connectivity index (χ2v) is 5.30. The Morgan fingerprint density at radius 3 is 1.75 bits per heavy atom. The highest BCUT2D eigenvalue weighted by atomic mass is 32.2. The van der Waals surface area contributed by atoms with Crippen molar-refractivity contribution in [2.75, 3.05) is 34.7 Å². The molecule has 0 spiro atoms. The highest BCUT2D eigenvalue weighted by Crippen LogP contribution is 2.10. The molecule has 0 bridgehead atoms. The number of rotatable bonds is 1. The summed E-state index contributed by atoms with van der Waals surface area (Å²) in [4.78, 5) is 6.48. The van der Waals surface area contributed by atoms with Crippen LogP contribution in [0.15, 0.2) is 12.7 Å². The summed E-state index contributed by atoms with van der Waals surface area (Å²) in [6.07, 6.45) is 1.51. The summed E-state index contributed by atoms with van der Waals surface area (Å²) in [5, 5.41) is 7.62. The highest BCUT2D eigenvalue weighted by molar-refractivity contribution is 8.37. The van der Waals surface area contributed by atoms with Gasteiger partial charge in [0.15, 0.2) is 0 Å². The van der Waals surface area contributed by atoms with Gasteiger partial charge in [-0.05, 0) is 17.8 Å². The molecule has 0 radical (unpaired) electrons. The normalized spacial score (nSPS) is 7.94. The molecule has 0 rings (SSSR count). The zero-order chi connectivity index (χ0) is 13.1. The molecule has 7 heteroatoms. The standard InChI is InChI=1S/C6H12N2S3.C3H5N2/c1-7(2)5(9)11-6(10)8(3)4;1-2-3-5-4/h1-4H3;2H,1,3H2/q;+1. The molecule has 0 aromatic rings. The van der Waals surface area contributed by atoms with Gasteiger partial charge in [0.05, 0.1) is 0 Å². The van der Waals surface area contributed by atoms with Crippen LogP contribution in [-0.2, 0) is 0 Å². The SMILES string of the molecule is C=CC[N+]#N.CN(C)C(=S)SC(=S)N(C)C. The minimum Gasteiger partial charge on any atom is -0.363 e. The summed E-state index contributed by atoms with van der Waals surface area (Å²) in [7, 11) is 7.64. The van der Waals surface area contributed by atoms with Crippen molar-refractivity contribution in [1.82, 2.24) is 9.80 Å². The van der Waals surface area contributed by atoms with Gasteiger partial charge in [-0.3, -0.25) is 0 Å². The van der Waals surface area contributed by atoms with Crippen molar-refractivity contribution in [2.24, 2.45) is 0 Å². The van der Waals surface area contributed by atoms with Crippen molar-refractivity contribution < 1.29 is 0 Å². The average molecular weight is 277 g/mol. The first-order chi connectivity index (χ1) is 7.36. The van der Waals surface area contributed by atoms with Crippen molar-refractivity contribution in [1.29, 1.82) is 5.39 Å². The molecule has 0 saturated heterocycles. The van der Waals surface area contributed by atoms with Crippen LogP contribution in [0.25, 0.3) is 4.98 Å². The van der Waals surface area contributed by atoms with Crippen molar-refractivity contribution in [3.8, 4) is 0 Å². The molecular weight excluding hydrogens is 260 g/mol. The molecule has 0 aliphatic carbocycles. The van der Waals surface area contributed by atoms with Crippen LogP contribution in [0.5, 0.6) is 0 Å². The van der Waals surface area contributed by atoms with Crippen LogP contribution in [0.3, 0.4) is 0 Å². The van der Waals surface area contributed by atoms with Crippen LogP contribution in [0.2, 0.25) is 0 Å². The Bertz CT molecular complexity index is 263. The smallest absolute Gasteiger partial charge is 0.323 e. The second-order valence-electron chi connectivity index (χ2n) is 3.04. The Morgan fingerprint density at radius 2 is 1.62 bits per heavy atom. The van der Waals surface area contributed by atoms with Crippen LogP contribution >= 0.6 is 36.2 Å². The predicted octanol–water partition coefficient (Wildman–Crippen LogP) is 2.44. The van der Waals surface area contributed by atoms with Crippen molar-refractivity contribution in [3.63, 3.8) is 0 Å². The van der Waals surface area contributed by atoms with E-state index in [4.69, 9.17) is 29.8 Å². The van der Waals surface area contributed by atoms with E-state index < -0.39 is 0 Å². The van der Waals surface area contributed by atoms with E-state index in [0.717, 1.165) is 8.64 Å². The zero-order valence-corrected chi connectivity index (χ0v) is 12.5. The molecule has 0 saturated carbocycles. The van der Waals surface area contributed by atoms with Gasteiger partial charge in [-0.1, -0.05) is 31.0 Å². The molecule has 0 unspecified atom stereocenters. The summed E-state index contributed by atoms with van der Waals surface area (Å²) < 4.78 is 1.59. The maximum Gasteiger partial charge on any atom is 0.323 e. The van der Waals surface area contributed by atoms with Gasteiger partial charge in [0.1, 0.15) is 13.6 Å². The lowest BCUT2D eigenvalue weighted by Crippen LogP contribution is -2.23. The Kier molecular flexibility index (Phi) is 11.9. The molecule has 0 N–H and O–H groups in total. The summed E-state index contributed by atoms with van der Waals surface area (Å²) in [6, 6.07) is 0. The zero-order valence-electron chi connectivity index (χ0n) is 10.0. The first kappa shape index (κ1) is 17.7. The molecular formula is C9H17N4S3+. The fourth-order valence-electron chi connectivity index (χ4n) is 0.315. The van der Waals surface area contributed by atoms with Crippen molar-refractivity contribution >= 4 is 44.8 Å². The topological polar surface area (TPSA) is 34.6 Å². The third-order valence-electron chi connectivity index (χ3n) is 1.12. The number of hydrogen-bond donors (Lipinski definition) is 0. The van der Waals surface area contributed by atoms with E-state index in [9.17, 15) is 0 Å². The molecule has 0 fully saturated rings. The molecule has 4 nitrogen and oxygen atoms in total. The minimum absolute atomic E-state index is 0.333. The van der Waals surface area contributed by atoms with E-state index in [1.54, 1.807) is 0 Å². The van der Waals surface area contributed by atoms with E-state index in [2.05, 4.69) is 11.6 Å². The Hall–Kier alpha value is -0.710.